The molecule has 3 aliphatic rings. The van der Waals surface area contributed by atoms with E-state index in [4.69, 9.17) is 9.47 Å². The van der Waals surface area contributed by atoms with E-state index in [0.29, 0.717) is 11.3 Å². The first-order chi connectivity index (χ1) is 21.3. The van der Waals surface area contributed by atoms with E-state index in [1.807, 2.05) is 6.07 Å². The molecule has 0 radical (unpaired) electrons. The van der Waals surface area contributed by atoms with Crippen LogP contribution < -0.4 is 20.1 Å². The molecule has 2 aliphatic heterocycles. The number of likely N-dealkylation sites (N-methyl/N-ethyl adjacent to an activating group) is 1. The number of fused-ring (bicyclic) bond motifs is 1. The number of methoxy groups -OCH3 is 1. The second-order valence-corrected chi connectivity index (χ2v) is 11.4. The van der Waals surface area contributed by atoms with Crippen molar-refractivity contribution in [2.45, 2.75) is 62.0 Å². The average molecular weight is 629 g/mol. The van der Waals surface area contributed by atoms with Crippen molar-refractivity contribution in [1.29, 1.82) is 5.26 Å². The number of ether oxygens (including phenoxy) is 2. The molecule has 2 aromatic rings. The number of hydrogen-bond acceptors (Lipinski definition) is 8. The average Bonchev–Trinajstić information content (AvgIpc) is 3.77. The monoisotopic (exact) mass is 628 g/mol. The van der Waals surface area contributed by atoms with Gasteiger partial charge in [0.2, 0.25) is 17.4 Å². The number of nitrogens with zero attached hydrogens (tertiary/aromatic N) is 4. The van der Waals surface area contributed by atoms with Crippen LogP contribution in [0.15, 0.2) is 42.6 Å². The Balaban J connectivity index is 1.41. The highest BCUT2D eigenvalue weighted by Gasteiger charge is 2.57. The zero-order valence-electron chi connectivity index (χ0n) is 24.5. The number of amides is 4. The van der Waals surface area contributed by atoms with Crippen molar-refractivity contribution in [2.24, 2.45) is 5.92 Å². The SMILES string of the molecule is COc1cccc(C[C@@H](NC(=O)C(F)(F)F)C(=O)N(C)[C@@H](CC2CC2)C(=O)N2C[C@@]3(C[C@H]2C#N)Oc2cccnc2NC3=O)c1. The minimum atomic E-state index is -5.26. The van der Waals surface area contributed by atoms with Gasteiger partial charge in [-0.05, 0) is 42.2 Å². The summed E-state index contributed by atoms with van der Waals surface area (Å²) in [5.74, 6) is -3.53. The molecule has 15 heteroatoms. The van der Waals surface area contributed by atoms with Gasteiger partial charge >= 0.3 is 12.1 Å². The van der Waals surface area contributed by atoms with Gasteiger partial charge in [-0.1, -0.05) is 25.0 Å². The number of anilines is 1. The van der Waals surface area contributed by atoms with Crippen LogP contribution in [0.3, 0.4) is 0 Å². The number of aromatic nitrogens is 1. The van der Waals surface area contributed by atoms with Gasteiger partial charge in [0.15, 0.2) is 11.6 Å². The third-order valence-corrected chi connectivity index (χ3v) is 8.27. The van der Waals surface area contributed by atoms with E-state index < -0.39 is 53.5 Å². The van der Waals surface area contributed by atoms with Crippen molar-refractivity contribution in [2.75, 3.05) is 26.0 Å². The molecule has 3 heterocycles. The lowest BCUT2D eigenvalue weighted by atomic mass is 9.97. The first-order valence-corrected chi connectivity index (χ1v) is 14.3. The highest BCUT2D eigenvalue weighted by molar-refractivity contribution is 6.01. The third-order valence-electron chi connectivity index (χ3n) is 8.27. The fourth-order valence-corrected chi connectivity index (χ4v) is 5.66. The number of halogens is 3. The van der Waals surface area contributed by atoms with E-state index in [9.17, 15) is 37.6 Å². The molecule has 0 bridgehead atoms. The van der Waals surface area contributed by atoms with Gasteiger partial charge in [0, 0.05) is 26.1 Å². The third kappa shape index (κ3) is 6.64. The predicted octanol–water partition coefficient (Wildman–Crippen LogP) is 2.20. The number of hydrogen-bond donors (Lipinski definition) is 2. The summed E-state index contributed by atoms with van der Waals surface area (Å²) in [6.45, 7) is -0.300. The van der Waals surface area contributed by atoms with Crippen LogP contribution >= 0.6 is 0 Å². The molecule has 238 valence electrons. The van der Waals surface area contributed by atoms with E-state index in [-0.39, 0.29) is 43.3 Å². The zero-order valence-corrected chi connectivity index (χ0v) is 24.5. The Kier molecular flexibility index (Phi) is 8.59. The summed E-state index contributed by atoms with van der Waals surface area (Å²) >= 11 is 0. The van der Waals surface area contributed by atoms with Crippen LogP contribution in [0.1, 0.15) is 31.2 Å². The van der Waals surface area contributed by atoms with Crippen molar-refractivity contribution < 1.29 is 41.8 Å². The maximum Gasteiger partial charge on any atom is 0.471 e. The summed E-state index contributed by atoms with van der Waals surface area (Å²) in [6, 6.07) is 7.58. The molecule has 1 aliphatic carbocycles. The standard InChI is InChI=1S/C30H31F3N6O6/c1-38(25(40)21(36-28(43)30(31,32)33)12-18-5-3-6-20(11-18)44-2)22(13-17-8-9-17)26(41)39-16-29(14-19(39)15-34)27(42)37-24-23(45-29)7-4-10-35-24/h3-7,10-11,17,19,21-22H,8-9,12-14,16H2,1-2H3,(H,36,43)(H,35,37,42)/t19-,21+,22-,29+/m0/s1. The molecule has 1 saturated carbocycles. The first kappa shape index (κ1) is 31.6. The molecule has 1 aromatic carbocycles. The van der Waals surface area contributed by atoms with Gasteiger partial charge in [0.05, 0.1) is 19.7 Å². The highest BCUT2D eigenvalue weighted by atomic mass is 19.4. The molecule has 2 N–H and O–H groups in total. The Morgan fingerprint density at radius 2 is 2.04 bits per heavy atom. The van der Waals surface area contributed by atoms with Crippen LogP contribution in [0.5, 0.6) is 11.5 Å². The quantitative estimate of drug-likeness (QED) is 0.429. The van der Waals surface area contributed by atoms with Crippen molar-refractivity contribution in [3.05, 3.63) is 48.2 Å². The fraction of sp³-hybridized carbons (Fsp3) is 0.467. The van der Waals surface area contributed by atoms with Crippen molar-refractivity contribution in [1.82, 2.24) is 20.1 Å². The van der Waals surface area contributed by atoms with Crippen LogP contribution in [0, 0.1) is 17.2 Å². The van der Waals surface area contributed by atoms with E-state index >= 15 is 0 Å². The number of nitriles is 1. The second-order valence-electron chi connectivity index (χ2n) is 11.4. The maximum atomic E-state index is 14.1. The van der Waals surface area contributed by atoms with Gasteiger partial charge in [-0.15, -0.1) is 0 Å². The molecule has 45 heavy (non-hydrogen) atoms. The summed E-state index contributed by atoms with van der Waals surface area (Å²) in [7, 11) is 2.69. The van der Waals surface area contributed by atoms with E-state index in [0.717, 1.165) is 17.7 Å². The topological polar surface area (TPSA) is 154 Å². The Labute approximate surface area is 256 Å². The van der Waals surface area contributed by atoms with Crippen molar-refractivity contribution in [3.8, 4) is 17.6 Å². The summed E-state index contributed by atoms with van der Waals surface area (Å²) in [5, 5.41) is 14.4. The van der Waals surface area contributed by atoms with Crippen LogP contribution in [0.2, 0.25) is 0 Å². The molecular weight excluding hydrogens is 597 g/mol. The van der Waals surface area contributed by atoms with Crippen LogP contribution in [0.25, 0.3) is 0 Å². The van der Waals surface area contributed by atoms with E-state index in [1.54, 1.807) is 35.6 Å². The predicted molar refractivity (Wildman–Crippen MR) is 151 cm³/mol. The van der Waals surface area contributed by atoms with Gasteiger partial charge < -0.3 is 29.9 Å². The molecule has 2 fully saturated rings. The Morgan fingerprint density at radius 1 is 1.29 bits per heavy atom. The van der Waals surface area contributed by atoms with E-state index in [1.165, 1.54) is 31.3 Å². The van der Waals surface area contributed by atoms with Gasteiger partial charge in [-0.25, -0.2) is 4.98 Å². The maximum absolute atomic E-state index is 14.1. The molecule has 4 amide bonds. The number of rotatable bonds is 9. The summed E-state index contributed by atoms with van der Waals surface area (Å²) < 4.78 is 51.1. The normalized spacial score (nSPS) is 21.9. The minimum Gasteiger partial charge on any atom is -0.497 e. The number of carbonyl (C=O) groups excluding carboxylic acids is 4. The fourth-order valence-electron chi connectivity index (χ4n) is 5.66. The number of benzene rings is 1. The minimum absolute atomic E-state index is 0.0695. The Bertz CT molecular complexity index is 1540. The summed E-state index contributed by atoms with van der Waals surface area (Å²) in [4.78, 5) is 59.4. The van der Waals surface area contributed by atoms with Crippen molar-refractivity contribution in [3.63, 3.8) is 0 Å². The highest BCUT2D eigenvalue weighted by Crippen LogP contribution is 2.41. The van der Waals surface area contributed by atoms with Gasteiger partial charge in [0.25, 0.3) is 5.91 Å². The number of likely N-dealkylation sites (tertiary alicyclic amines) is 1. The lowest BCUT2D eigenvalue weighted by Gasteiger charge is -2.35. The molecule has 1 aromatic heterocycles. The van der Waals surface area contributed by atoms with E-state index in [2.05, 4.69) is 10.3 Å². The summed E-state index contributed by atoms with van der Waals surface area (Å²) in [6.07, 6.45) is -2.51. The van der Waals surface area contributed by atoms with Crippen molar-refractivity contribution >= 4 is 29.4 Å². The van der Waals surface area contributed by atoms with Gasteiger partial charge in [0.1, 0.15) is 23.9 Å². The Morgan fingerprint density at radius 3 is 2.71 bits per heavy atom. The summed E-state index contributed by atoms with van der Waals surface area (Å²) in [5.41, 5.74) is -1.18. The molecule has 5 rings (SSSR count). The number of alkyl halides is 3. The number of pyridine rings is 1. The molecule has 4 atom stereocenters. The zero-order chi connectivity index (χ0) is 32.5. The molecule has 1 spiro atoms. The lowest BCUT2D eigenvalue weighted by molar-refractivity contribution is -0.175. The number of nitrogens with one attached hydrogen (secondary N) is 2. The molecule has 12 nitrogen and oxygen atoms in total. The molecule has 0 unspecified atom stereocenters. The largest absolute Gasteiger partial charge is 0.497 e. The second kappa shape index (κ2) is 12.3. The van der Waals surface area contributed by atoms with Gasteiger partial charge in [-0.2, -0.15) is 18.4 Å². The Hall–Kier alpha value is -4.87. The smallest absolute Gasteiger partial charge is 0.471 e. The first-order valence-electron chi connectivity index (χ1n) is 14.3. The lowest BCUT2D eigenvalue weighted by Crippen LogP contribution is -2.58. The van der Waals surface area contributed by atoms with Crippen LogP contribution in [-0.2, 0) is 25.6 Å². The van der Waals surface area contributed by atoms with Crippen LogP contribution in [-0.4, -0.2) is 89.0 Å². The molecule has 1 saturated heterocycles. The van der Waals surface area contributed by atoms with Crippen LogP contribution in [0.4, 0.5) is 19.0 Å². The molecular formula is C30H31F3N6O6. The van der Waals surface area contributed by atoms with Gasteiger partial charge in [-0.3, -0.25) is 19.2 Å². The number of carbonyl (C=O) groups is 4.